The normalized spacial score (nSPS) is 13.3. The van der Waals surface area contributed by atoms with Gasteiger partial charge in [0.1, 0.15) is 11.2 Å². The molecule has 2 nitrogen and oxygen atoms in total. The van der Waals surface area contributed by atoms with E-state index in [1.165, 1.54) is 55.6 Å². The van der Waals surface area contributed by atoms with E-state index in [2.05, 4.69) is 242 Å². The third-order valence-corrected chi connectivity index (χ3v) is 13.4. The Kier molecular flexibility index (Phi) is 8.81. The van der Waals surface area contributed by atoms with Crippen molar-refractivity contribution >= 4 is 38.9 Å². The summed E-state index contributed by atoms with van der Waals surface area (Å²) in [4.78, 5) is 2.23. The van der Waals surface area contributed by atoms with Gasteiger partial charge in [-0.1, -0.05) is 201 Å². The molecule has 0 amide bonds. The van der Waals surface area contributed by atoms with Crippen molar-refractivity contribution in [3.63, 3.8) is 0 Å². The van der Waals surface area contributed by atoms with Crippen molar-refractivity contribution in [3.05, 3.63) is 271 Å². The smallest absolute Gasteiger partial charge is 0.143 e. The van der Waals surface area contributed by atoms with Crippen LogP contribution in [0.1, 0.15) is 34.7 Å². The van der Waals surface area contributed by atoms with Crippen molar-refractivity contribution in [2.24, 2.45) is 0 Å². The second-order valence-corrected chi connectivity index (χ2v) is 16.7. The van der Waals surface area contributed by atoms with Crippen LogP contribution in [0.2, 0.25) is 0 Å². The molecule has 10 aromatic rings. The van der Waals surface area contributed by atoms with Gasteiger partial charge in [0.05, 0.1) is 5.41 Å². The van der Waals surface area contributed by atoms with Gasteiger partial charge in [-0.3, -0.25) is 0 Å². The summed E-state index contributed by atoms with van der Waals surface area (Å²) in [7, 11) is 0. The van der Waals surface area contributed by atoms with Gasteiger partial charge in [0.25, 0.3) is 0 Å². The Morgan fingerprint density at radius 2 is 0.969 bits per heavy atom. The molecule has 0 N–H and O–H groups in total. The molecule has 0 fully saturated rings. The Hall–Kier alpha value is -8.20. The molecule has 1 spiro atoms. The third-order valence-electron chi connectivity index (χ3n) is 13.4. The van der Waals surface area contributed by atoms with E-state index in [4.69, 9.17) is 11.0 Å². The van der Waals surface area contributed by atoms with Crippen LogP contribution in [-0.2, 0) is 5.41 Å². The standard InChI is InChI=1S/C62H43NO/c1-3-42(35-34-41(2)63(46-24-11-6-12-25-46)47-38-36-44(37-39-47)43-20-7-4-8-21-43)58-59-52-28-15-18-33-56(52)62(54-31-16-13-26-49(54)50-27-14-17-32-55(50)62)57(59)40-53-51-30-19-29-48(60(51)64-61(53)58)45-22-9-5-10-23-45/h3-40H,2H2,1H3/b35-34-,42-3+. The summed E-state index contributed by atoms with van der Waals surface area (Å²) < 4.78 is 7.32. The van der Waals surface area contributed by atoms with E-state index in [9.17, 15) is 0 Å². The quantitative estimate of drug-likeness (QED) is 0.142. The van der Waals surface area contributed by atoms with E-state index in [1.807, 2.05) is 0 Å². The highest BCUT2D eigenvalue weighted by Gasteiger charge is 2.52. The molecule has 12 rings (SSSR count). The molecule has 0 radical (unpaired) electrons. The van der Waals surface area contributed by atoms with Crippen LogP contribution < -0.4 is 4.90 Å². The second-order valence-electron chi connectivity index (χ2n) is 16.7. The van der Waals surface area contributed by atoms with E-state index < -0.39 is 5.41 Å². The van der Waals surface area contributed by atoms with E-state index in [1.54, 1.807) is 0 Å². The molecule has 0 saturated heterocycles. The van der Waals surface area contributed by atoms with Gasteiger partial charge in [-0.25, -0.2) is 0 Å². The molecule has 302 valence electrons. The highest BCUT2D eigenvalue weighted by Crippen LogP contribution is 2.65. The van der Waals surface area contributed by atoms with Gasteiger partial charge >= 0.3 is 0 Å². The Morgan fingerprint density at radius 1 is 0.453 bits per heavy atom. The minimum atomic E-state index is -0.523. The van der Waals surface area contributed by atoms with Gasteiger partial charge in [-0.2, -0.15) is 0 Å². The van der Waals surface area contributed by atoms with Crippen molar-refractivity contribution in [1.82, 2.24) is 0 Å². The number of furan rings is 1. The van der Waals surface area contributed by atoms with Crippen LogP contribution in [0.25, 0.3) is 72.0 Å². The average Bonchev–Trinajstić information content (AvgIpc) is 3.99. The number of rotatable bonds is 8. The Bertz CT molecular complexity index is 3450. The molecule has 64 heavy (non-hydrogen) atoms. The lowest BCUT2D eigenvalue weighted by Crippen LogP contribution is -2.25. The van der Waals surface area contributed by atoms with Gasteiger partial charge in [0, 0.05) is 39.0 Å². The number of para-hydroxylation sites is 2. The Labute approximate surface area is 374 Å². The molecule has 2 aliphatic carbocycles. The molecule has 0 aliphatic heterocycles. The monoisotopic (exact) mass is 817 g/mol. The average molecular weight is 818 g/mol. The molecule has 0 atom stereocenters. The van der Waals surface area contributed by atoms with Crippen molar-refractivity contribution in [2.75, 3.05) is 4.90 Å². The molecule has 0 unspecified atom stereocenters. The number of anilines is 2. The first-order chi connectivity index (χ1) is 31.6. The molecule has 1 aromatic heterocycles. The molecule has 0 saturated carbocycles. The number of nitrogens with zero attached hydrogens (tertiary/aromatic N) is 1. The van der Waals surface area contributed by atoms with E-state index in [0.29, 0.717) is 0 Å². The summed E-state index contributed by atoms with van der Waals surface area (Å²) in [6.07, 6.45) is 6.63. The lowest BCUT2D eigenvalue weighted by molar-refractivity contribution is 0.668. The number of benzene rings is 9. The van der Waals surface area contributed by atoms with Crippen molar-refractivity contribution < 1.29 is 4.42 Å². The van der Waals surface area contributed by atoms with Gasteiger partial charge in [-0.15, -0.1) is 0 Å². The Balaban J connectivity index is 1.09. The maximum atomic E-state index is 7.32. The molecule has 9 aromatic carbocycles. The third kappa shape index (κ3) is 5.59. The summed E-state index contributed by atoms with van der Waals surface area (Å²) in [5.41, 5.74) is 21.0. The lowest BCUT2D eigenvalue weighted by atomic mass is 9.70. The first kappa shape index (κ1) is 37.6. The summed E-state index contributed by atoms with van der Waals surface area (Å²) in [5, 5.41) is 2.20. The van der Waals surface area contributed by atoms with Crippen LogP contribution in [-0.4, -0.2) is 0 Å². The van der Waals surface area contributed by atoms with Crippen LogP contribution in [0.3, 0.4) is 0 Å². The van der Waals surface area contributed by atoms with E-state index in [0.717, 1.165) is 61.3 Å². The zero-order chi connectivity index (χ0) is 42.8. The summed E-state index contributed by atoms with van der Waals surface area (Å²) in [6, 6.07) is 76.4. The number of allylic oxidation sites excluding steroid dienone is 4. The highest BCUT2D eigenvalue weighted by atomic mass is 16.3. The molecule has 1 heterocycles. The van der Waals surface area contributed by atoms with Crippen LogP contribution in [0.4, 0.5) is 11.4 Å². The van der Waals surface area contributed by atoms with Crippen LogP contribution in [0.15, 0.2) is 247 Å². The summed E-state index contributed by atoms with van der Waals surface area (Å²) in [6.45, 7) is 6.87. The first-order valence-corrected chi connectivity index (χ1v) is 22.1. The largest absolute Gasteiger partial charge is 0.455 e. The topological polar surface area (TPSA) is 16.4 Å². The molecule has 2 heteroatoms. The summed E-state index contributed by atoms with van der Waals surface area (Å²) >= 11 is 0. The number of fused-ring (bicyclic) bond motifs is 13. The Morgan fingerprint density at radius 3 is 1.61 bits per heavy atom. The van der Waals surface area contributed by atoms with Gasteiger partial charge in [0.2, 0.25) is 0 Å². The molecule has 0 bridgehead atoms. The molecular weight excluding hydrogens is 775 g/mol. The molecule has 2 aliphatic rings. The van der Waals surface area contributed by atoms with Crippen LogP contribution in [0, 0.1) is 0 Å². The van der Waals surface area contributed by atoms with Gasteiger partial charge in [-0.05, 0) is 110 Å². The molecular formula is C62H43NO. The van der Waals surface area contributed by atoms with Gasteiger partial charge in [0.15, 0.2) is 0 Å². The maximum absolute atomic E-state index is 7.32. The SMILES string of the molecule is C=C(/C=C\C(=C/C)c1c2c(cc3c1oc1c(-c4ccccc4)cccc13)C1(c3ccccc3-c3ccccc31)c1ccccc1-2)N(c1ccccc1)c1ccc(-c2ccccc2)cc1. The fraction of sp³-hybridized carbons (Fsp3) is 0.0323. The first-order valence-electron chi connectivity index (χ1n) is 22.1. The van der Waals surface area contributed by atoms with Crippen LogP contribution >= 0.6 is 0 Å². The van der Waals surface area contributed by atoms with Crippen molar-refractivity contribution in [1.29, 1.82) is 0 Å². The van der Waals surface area contributed by atoms with Crippen molar-refractivity contribution in [2.45, 2.75) is 12.3 Å². The van der Waals surface area contributed by atoms with Gasteiger partial charge < -0.3 is 9.32 Å². The maximum Gasteiger partial charge on any atom is 0.143 e. The van der Waals surface area contributed by atoms with Crippen molar-refractivity contribution in [3.8, 4) is 44.5 Å². The van der Waals surface area contributed by atoms with E-state index >= 15 is 0 Å². The number of hydrogen-bond donors (Lipinski definition) is 0. The minimum Gasteiger partial charge on any atom is -0.455 e. The minimum absolute atomic E-state index is 0.523. The lowest BCUT2D eigenvalue weighted by Gasteiger charge is -2.30. The summed E-state index contributed by atoms with van der Waals surface area (Å²) in [5.74, 6) is 0. The zero-order valence-corrected chi connectivity index (χ0v) is 35.5. The number of hydrogen-bond acceptors (Lipinski definition) is 2. The predicted octanol–water partition coefficient (Wildman–Crippen LogP) is 16.6. The van der Waals surface area contributed by atoms with Crippen LogP contribution in [0.5, 0.6) is 0 Å². The predicted molar refractivity (Wildman–Crippen MR) is 268 cm³/mol. The zero-order valence-electron chi connectivity index (χ0n) is 35.5. The second kappa shape index (κ2) is 15.0. The highest BCUT2D eigenvalue weighted by molar-refractivity contribution is 6.16. The fourth-order valence-electron chi connectivity index (χ4n) is 10.7. The van der Waals surface area contributed by atoms with E-state index in [-0.39, 0.29) is 0 Å². The fourth-order valence-corrected chi connectivity index (χ4v) is 10.7.